The van der Waals surface area contributed by atoms with Gasteiger partial charge in [0.1, 0.15) is 0 Å². The topological polar surface area (TPSA) is 72.7 Å². The smallest absolute Gasteiger partial charge is 0.230 e. The third-order valence-electron chi connectivity index (χ3n) is 3.52. The van der Waals surface area contributed by atoms with E-state index >= 15 is 0 Å². The fourth-order valence-corrected chi connectivity index (χ4v) is 3.22. The van der Waals surface area contributed by atoms with Crippen LogP contribution in [0.25, 0.3) is 0 Å². The van der Waals surface area contributed by atoms with Crippen molar-refractivity contribution >= 4 is 17.7 Å². The Hall–Kier alpha value is -1.89. The summed E-state index contributed by atoms with van der Waals surface area (Å²) in [5, 5.41) is 15.5. The monoisotopic (exact) mass is 347 g/mol. The molecule has 1 N–H and O–H groups in total. The maximum Gasteiger partial charge on any atom is 0.230 e. The Morgan fingerprint density at radius 3 is 2.62 bits per heavy atom. The van der Waals surface area contributed by atoms with E-state index in [1.54, 1.807) is 4.68 Å². The van der Waals surface area contributed by atoms with E-state index in [1.807, 2.05) is 51.1 Å². The summed E-state index contributed by atoms with van der Waals surface area (Å²) < 4.78 is 1.74. The molecule has 7 heteroatoms. The number of nitrogens with one attached hydrogen (secondary N) is 1. The van der Waals surface area contributed by atoms with E-state index in [-0.39, 0.29) is 17.5 Å². The fraction of sp³-hybridized carbons (Fsp3) is 0.529. The van der Waals surface area contributed by atoms with Gasteiger partial charge in [-0.25, -0.2) is 4.68 Å². The molecule has 0 aliphatic heterocycles. The third-order valence-corrected chi connectivity index (χ3v) is 4.44. The molecule has 2 aromatic rings. The lowest BCUT2D eigenvalue weighted by Gasteiger charge is -2.20. The van der Waals surface area contributed by atoms with E-state index in [0.717, 1.165) is 18.4 Å². The Morgan fingerprint density at radius 1 is 1.29 bits per heavy atom. The van der Waals surface area contributed by atoms with Gasteiger partial charge >= 0.3 is 0 Å². The molecule has 0 saturated heterocycles. The van der Waals surface area contributed by atoms with Crippen LogP contribution in [0, 0.1) is 0 Å². The number of rotatable bonds is 7. The van der Waals surface area contributed by atoms with Gasteiger partial charge in [0.05, 0.1) is 17.3 Å². The van der Waals surface area contributed by atoms with Crippen molar-refractivity contribution in [3.63, 3.8) is 0 Å². The standard InChI is InChI=1S/C17H25N5OS/c1-5-9-14(13-10-7-6-8-11-13)18-15(23)12-24-16-19-20-21-22(16)17(2,3)4/h6-8,10-11,14H,5,9,12H2,1-4H3,(H,18,23). The third kappa shape index (κ3) is 5.06. The van der Waals surface area contributed by atoms with Crippen LogP contribution in [0.15, 0.2) is 35.5 Å². The molecule has 1 atom stereocenters. The van der Waals surface area contributed by atoms with Gasteiger partial charge in [0.15, 0.2) is 0 Å². The van der Waals surface area contributed by atoms with Crippen molar-refractivity contribution in [1.82, 2.24) is 25.5 Å². The van der Waals surface area contributed by atoms with Gasteiger partial charge in [-0.1, -0.05) is 55.4 Å². The molecule has 0 bridgehead atoms. The van der Waals surface area contributed by atoms with Crippen LogP contribution >= 0.6 is 11.8 Å². The van der Waals surface area contributed by atoms with E-state index in [1.165, 1.54) is 11.8 Å². The summed E-state index contributed by atoms with van der Waals surface area (Å²) >= 11 is 1.36. The second-order valence-electron chi connectivity index (χ2n) is 6.65. The number of thioether (sulfide) groups is 1. The molecule has 1 aromatic heterocycles. The van der Waals surface area contributed by atoms with Gasteiger partial charge in [0.25, 0.3) is 0 Å². The Bertz CT molecular complexity index is 651. The van der Waals surface area contributed by atoms with Crippen LogP contribution in [-0.2, 0) is 10.3 Å². The molecule has 130 valence electrons. The lowest BCUT2D eigenvalue weighted by atomic mass is 10.0. The van der Waals surface area contributed by atoms with Crippen LogP contribution < -0.4 is 5.32 Å². The highest BCUT2D eigenvalue weighted by molar-refractivity contribution is 7.99. The highest BCUT2D eigenvalue weighted by Crippen LogP contribution is 2.22. The molecule has 0 fully saturated rings. The zero-order valence-corrected chi connectivity index (χ0v) is 15.5. The molecule has 24 heavy (non-hydrogen) atoms. The first-order valence-corrected chi connectivity index (χ1v) is 9.16. The largest absolute Gasteiger partial charge is 0.349 e. The van der Waals surface area contributed by atoms with Crippen molar-refractivity contribution in [2.24, 2.45) is 0 Å². The lowest BCUT2D eigenvalue weighted by molar-refractivity contribution is -0.119. The summed E-state index contributed by atoms with van der Waals surface area (Å²) in [7, 11) is 0. The first-order chi connectivity index (χ1) is 11.4. The zero-order chi connectivity index (χ0) is 17.6. The van der Waals surface area contributed by atoms with Crippen molar-refractivity contribution in [2.45, 2.75) is 57.3 Å². The van der Waals surface area contributed by atoms with Gasteiger partial charge in [0, 0.05) is 0 Å². The zero-order valence-electron chi connectivity index (χ0n) is 14.7. The molecule has 2 rings (SSSR count). The average molecular weight is 347 g/mol. The molecule has 0 aliphatic rings. The van der Waals surface area contributed by atoms with E-state index in [4.69, 9.17) is 0 Å². The minimum absolute atomic E-state index is 0.00855. The van der Waals surface area contributed by atoms with Gasteiger partial charge in [-0.15, -0.1) is 5.10 Å². The van der Waals surface area contributed by atoms with Crippen molar-refractivity contribution < 1.29 is 4.79 Å². The summed E-state index contributed by atoms with van der Waals surface area (Å²) in [4.78, 5) is 12.3. The van der Waals surface area contributed by atoms with Gasteiger partial charge in [-0.2, -0.15) is 0 Å². The van der Waals surface area contributed by atoms with Gasteiger partial charge in [-0.3, -0.25) is 4.79 Å². The SMILES string of the molecule is CCCC(NC(=O)CSc1nnnn1C(C)(C)C)c1ccccc1. The normalized spacial score (nSPS) is 12.8. The maximum absolute atomic E-state index is 12.3. The summed E-state index contributed by atoms with van der Waals surface area (Å²) in [5.74, 6) is 0.287. The number of nitrogens with zero attached hydrogens (tertiary/aromatic N) is 4. The van der Waals surface area contributed by atoms with Gasteiger partial charge in [0.2, 0.25) is 11.1 Å². The molecule has 1 amide bonds. The number of amides is 1. The minimum atomic E-state index is -0.211. The summed E-state index contributed by atoms with van der Waals surface area (Å²) in [5.41, 5.74) is 0.925. The minimum Gasteiger partial charge on any atom is -0.349 e. The number of hydrogen-bond acceptors (Lipinski definition) is 5. The lowest BCUT2D eigenvalue weighted by Crippen LogP contribution is -2.30. The number of hydrogen-bond donors (Lipinski definition) is 1. The number of aromatic nitrogens is 4. The Kier molecular flexibility index (Phi) is 6.36. The summed E-state index contributed by atoms with van der Waals surface area (Å²) in [6.45, 7) is 8.20. The van der Waals surface area contributed by atoms with Crippen LogP contribution in [0.3, 0.4) is 0 Å². The maximum atomic E-state index is 12.3. The van der Waals surface area contributed by atoms with Gasteiger partial charge < -0.3 is 5.32 Å². The summed E-state index contributed by atoms with van der Waals surface area (Å²) in [6, 6.07) is 10.1. The number of benzene rings is 1. The van der Waals surface area contributed by atoms with E-state index in [0.29, 0.717) is 10.9 Å². The summed E-state index contributed by atoms with van der Waals surface area (Å²) in [6.07, 6.45) is 1.93. The number of tetrazole rings is 1. The molecule has 0 saturated carbocycles. The fourth-order valence-electron chi connectivity index (χ4n) is 2.35. The molecule has 0 spiro atoms. The molecule has 0 radical (unpaired) electrons. The van der Waals surface area contributed by atoms with Crippen LogP contribution in [0.5, 0.6) is 0 Å². The van der Waals surface area contributed by atoms with Crippen LogP contribution in [0.2, 0.25) is 0 Å². The first kappa shape index (κ1) is 18.4. The highest BCUT2D eigenvalue weighted by Gasteiger charge is 2.21. The van der Waals surface area contributed by atoms with E-state index in [9.17, 15) is 4.79 Å². The Balaban J connectivity index is 1.96. The van der Waals surface area contributed by atoms with Crippen molar-refractivity contribution in [1.29, 1.82) is 0 Å². The molecule has 6 nitrogen and oxygen atoms in total. The Morgan fingerprint density at radius 2 is 2.00 bits per heavy atom. The van der Waals surface area contributed by atoms with Gasteiger partial charge in [-0.05, 0) is 43.2 Å². The average Bonchev–Trinajstić information content (AvgIpc) is 3.02. The number of carbonyl (C=O) groups is 1. The quantitative estimate of drug-likeness (QED) is 0.779. The van der Waals surface area contributed by atoms with Crippen LogP contribution in [0.1, 0.15) is 52.1 Å². The molecule has 0 aliphatic carbocycles. The Labute approximate surface area is 147 Å². The molecule has 1 heterocycles. The first-order valence-electron chi connectivity index (χ1n) is 8.17. The molecule has 1 unspecified atom stereocenters. The second kappa shape index (κ2) is 8.28. The highest BCUT2D eigenvalue weighted by atomic mass is 32.2. The van der Waals surface area contributed by atoms with Crippen molar-refractivity contribution in [3.8, 4) is 0 Å². The predicted molar refractivity (Wildman–Crippen MR) is 95.8 cm³/mol. The van der Waals surface area contributed by atoms with E-state index < -0.39 is 0 Å². The molecular weight excluding hydrogens is 322 g/mol. The predicted octanol–water partition coefficient (Wildman–Crippen LogP) is 3.18. The molecular formula is C17H25N5OS. The second-order valence-corrected chi connectivity index (χ2v) is 7.59. The number of carbonyl (C=O) groups excluding carboxylic acids is 1. The van der Waals surface area contributed by atoms with Crippen molar-refractivity contribution in [2.75, 3.05) is 5.75 Å². The van der Waals surface area contributed by atoms with E-state index in [2.05, 4.69) is 27.8 Å². The molecule has 1 aromatic carbocycles. The van der Waals surface area contributed by atoms with Crippen molar-refractivity contribution in [3.05, 3.63) is 35.9 Å². The van der Waals surface area contributed by atoms with Crippen LogP contribution in [-0.4, -0.2) is 31.9 Å². The van der Waals surface area contributed by atoms with Crippen LogP contribution in [0.4, 0.5) is 0 Å².